The predicted octanol–water partition coefficient (Wildman–Crippen LogP) is 2.24. The zero-order valence-electron chi connectivity index (χ0n) is 7.72. The van der Waals surface area contributed by atoms with Crippen molar-refractivity contribution in [2.24, 2.45) is 0 Å². The number of amides is 1. The van der Waals surface area contributed by atoms with Crippen LogP contribution in [0.3, 0.4) is 0 Å². The molecule has 1 amide bonds. The Bertz CT molecular complexity index is 302. The molecule has 1 rings (SSSR count). The molecule has 0 radical (unpaired) electrons. The van der Waals surface area contributed by atoms with Gasteiger partial charge in [0.15, 0.2) is 5.01 Å². The molecule has 0 spiro atoms. The Balaban J connectivity index is 2.77. The first-order chi connectivity index (χ1) is 6.00. The third-order valence-corrected chi connectivity index (χ3v) is 2.80. The minimum atomic E-state index is -0.157. The minimum absolute atomic E-state index is 0.121. The molecular formula is C8H11ClN2OS. The molecule has 0 aromatic carbocycles. The largest absolute Gasteiger partial charge is 0.348 e. The Morgan fingerprint density at radius 2 is 2.23 bits per heavy atom. The van der Waals surface area contributed by atoms with E-state index in [-0.39, 0.29) is 11.9 Å². The van der Waals surface area contributed by atoms with E-state index >= 15 is 0 Å². The summed E-state index contributed by atoms with van der Waals surface area (Å²) < 4.78 is 0. The van der Waals surface area contributed by atoms with Crippen LogP contribution in [0.2, 0.25) is 5.15 Å². The number of halogens is 1. The Hall–Kier alpha value is -0.610. The summed E-state index contributed by atoms with van der Waals surface area (Å²) in [6, 6.07) is 0.121. The lowest BCUT2D eigenvalue weighted by Crippen LogP contribution is -2.29. The van der Waals surface area contributed by atoms with Gasteiger partial charge in [-0.1, -0.05) is 11.6 Å². The van der Waals surface area contributed by atoms with Crippen molar-refractivity contribution < 1.29 is 4.79 Å². The Kier molecular flexibility index (Phi) is 3.27. The van der Waals surface area contributed by atoms with Gasteiger partial charge in [-0.2, -0.15) is 0 Å². The van der Waals surface area contributed by atoms with E-state index in [0.717, 1.165) is 4.88 Å². The van der Waals surface area contributed by atoms with Crippen molar-refractivity contribution in [1.29, 1.82) is 0 Å². The molecule has 0 aliphatic heterocycles. The average Bonchev–Trinajstić information content (AvgIpc) is 2.31. The van der Waals surface area contributed by atoms with Crippen molar-refractivity contribution >= 4 is 28.8 Å². The van der Waals surface area contributed by atoms with Gasteiger partial charge in [-0.25, -0.2) is 4.98 Å². The summed E-state index contributed by atoms with van der Waals surface area (Å²) in [6.07, 6.45) is 0. The first-order valence-corrected chi connectivity index (χ1v) is 5.14. The molecular weight excluding hydrogens is 208 g/mol. The monoisotopic (exact) mass is 218 g/mol. The van der Waals surface area contributed by atoms with Crippen molar-refractivity contribution in [2.75, 3.05) is 0 Å². The molecule has 0 aliphatic rings. The summed E-state index contributed by atoms with van der Waals surface area (Å²) in [5.74, 6) is -0.157. The van der Waals surface area contributed by atoms with E-state index in [1.54, 1.807) is 0 Å². The lowest BCUT2D eigenvalue weighted by molar-refractivity contribution is 0.0943. The highest BCUT2D eigenvalue weighted by atomic mass is 35.5. The predicted molar refractivity (Wildman–Crippen MR) is 54.5 cm³/mol. The van der Waals surface area contributed by atoms with Crippen molar-refractivity contribution in [2.45, 2.75) is 26.8 Å². The van der Waals surface area contributed by atoms with Gasteiger partial charge in [-0.3, -0.25) is 4.79 Å². The number of nitrogens with zero attached hydrogens (tertiary/aromatic N) is 1. The standard InChI is InChI=1S/C8H11ClN2OS/c1-4(2)10-7(12)8-11-6(9)5(3)13-8/h4H,1-3H3,(H,10,12). The molecule has 3 nitrogen and oxygen atoms in total. The summed E-state index contributed by atoms with van der Waals surface area (Å²) in [5, 5.41) is 3.59. The fourth-order valence-corrected chi connectivity index (χ4v) is 1.76. The van der Waals surface area contributed by atoms with E-state index in [1.165, 1.54) is 11.3 Å². The highest BCUT2D eigenvalue weighted by Gasteiger charge is 2.13. The van der Waals surface area contributed by atoms with Crippen LogP contribution in [0.4, 0.5) is 0 Å². The molecule has 1 heterocycles. The van der Waals surface area contributed by atoms with Crippen LogP contribution < -0.4 is 5.32 Å². The Labute approximate surface area is 86.1 Å². The third kappa shape index (κ3) is 2.67. The zero-order valence-corrected chi connectivity index (χ0v) is 9.29. The molecule has 0 atom stereocenters. The van der Waals surface area contributed by atoms with Crippen LogP contribution in [0, 0.1) is 6.92 Å². The molecule has 0 saturated carbocycles. The van der Waals surface area contributed by atoms with Gasteiger partial charge in [0.25, 0.3) is 5.91 Å². The lowest BCUT2D eigenvalue weighted by Gasteiger charge is -2.04. The maximum atomic E-state index is 11.4. The Morgan fingerprint density at radius 3 is 2.62 bits per heavy atom. The van der Waals surface area contributed by atoms with Gasteiger partial charge >= 0.3 is 0 Å². The van der Waals surface area contributed by atoms with E-state index < -0.39 is 0 Å². The smallest absolute Gasteiger partial charge is 0.280 e. The molecule has 0 aliphatic carbocycles. The van der Waals surface area contributed by atoms with Crippen LogP contribution in [0.25, 0.3) is 0 Å². The van der Waals surface area contributed by atoms with Gasteiger partial charge in [0, 0.05) is 10.9 Å². The number of carbonyl (C=O) groups is 1. The minimum Gasteiger partial charge on any atom is -0.348 e. The molecule has 0 saturated heterocycles. The normalized spacial score (nSPS) is 10.5. The second kappa shape index (κ2) is 4.07. The number of hydrogen-bond acceptors (Lipinski definition) is 3. The lowest BCUT2D eigenvalue weighted by atomic mass is 10.4. The summed E-state index contributed by atoms with van der Waals surface area (Å²) in [5.41, 5.74) is 0. The second-order valence-corrected chi connectivity index (χ2v) is 4.56. The second-order valence-electron chi connectivity index (χ2n) is 2.99. The quantitative estimate of drug-likeness (QED) is 0.828. The number of thiazole rings is 1. The van der Waals surface area contributed by atoms with Gasteiger partial charge in [-0.15, -0.1) is 11.3 Å². The van der Waals surface area contributed by atoms with E-state index in [4.69, 9.17) is 11.6 Å². The Morgan fingerprint density at radius 1 is 1.62 bits per heavy atom. The van der Waals surface area contributed by atoms with E-state index in [0.29, 0.717) is 10.2 Å². The van der Waals surface area contributed by atoms with Gasteiger partial charge < -0.3 is 5.32 Å². The van der Waals surface area contributed by atoms with Crippen molar-refractivity contribution in [1.82, 2.24) is 10.3 Å². The van der Waals surface area contributed by atoms with Gasteiger partial charge in [0.1, 0.15) is 5.15 Å². The highest BCUT2D eigenvalue weighted by Crippen LogP contribution is 2.21. The number of nitrogens with one attached hydrogen (secondary N) is 1. The van der Waals surface area contributed by atoms with Crippen LogP contribution in [-0.2, 0) is 0 Å². The van der Waals surface area contributed by atoms with E-state index in [2.05, 4.69) is 10.3 Å². The molecule has 5 heteroatoms. The molecule has 1 aromatic heterocycles. The molecule has 0 fully saturated rings. The molecule has 0 bridgehead atoms. The summed E-state index contributed by atoms with van der Waals surface area (Å²) in [7, 11) is 0. The molecule has 1 aromatic rings. The highest BCUT2D eigenvalue weighted by molar-refractivity contribution is 7.14. The molecule has 1 N–H and O–H groups in total. The summed E-state index contributed by atoms with van der Waals surface area (Å²) in [6.45, 7) is 5.64. The first kappa shape index (κ1) is 10.5. The van der Waals surface area contributed by atoms with Crippen molar-refractivity contribution in [3.05, 3.63) is 15.0 Å². The third-order valence-electron chi connectivity index (χ3n) is 1.35. The van der Waals surface area contributed by atoms with Gasteiger partial charge in [-0.05, 0) is 20.8 Å². The van der Waals surface area contributed by atoms with E-state index in [1.807, 2.05) is 20.8 Å². The molecule has 72 valence electrons. The topological polar surface area (TPSA) is 42.0 Å². The number of carbonyl (C=O) groups excluding carboxylic acids is 1. The van der Waals surface area contributed by atoms with Crippen LogP contribution in [0.15, 0.2) is 0 Å². The van der Waals surface area contributed by atoms with Crippen molar-refractivity contribution in [3.63, 3.8) is 0 Å². The number of aryl methyl sites for hydroxylation is 1. The summed E-state index contributed by atoms with van der Waals surface area (Å²) >= 11 is 7.04. The van der Waals surface area contributed by atoms with E-state index in [9.17, 15) is 4.79 Å². The van der Waals surface area contributed by atoms with Gasteiger partial charge in [0.05, 0.1) is 0 Å². The zero-order chi connectivity index (χ0) is 10.0. The average molecular weight is 219 g/mol. The van der Waals surface area contributed by atoms with Crippen LogP contribution in [0.5, 0.6) is 0 Å². The fourth-order valence-electron chi connectivity index (χ4n) is 0.799. The fraction of sp³-hybridized carbons (Fsp3) is 0.500. The number of rotatable bonds is 2. The van der Waals surface area contributed by atoms with Crippen LogP contribution in [0.1, 0.15) is 28.5 Å². The first-order valence-electron chi connectivity index (χ1n) is 3.94. The van der Waals surface area contributed by atoms with Gasteiger partial charge in [0.2, 0.25) is 0 Å². The maximum Gasteiger partial charge on any atom is 0.280 e. The SMILES string of the molecule is Cc1sc(C(=O)NC(C)C)nc1Cl. The maximum absolute atomic E-state index is 11.4. The van der Waals surface area contributed by atoms with Crippen LogP contribution in [-0.4, -0.2) is 16.9 Å². The van der Waals surface area contributed by atoms with Crippen molar-refractivity contribution in [3.8, 4) is 0 Å². The molecule has 13 heavy (non-hydrogen) atoms. The molecule has 0 unspecified atom stereocenters. The van der Waals surface area contributed by atoms with Crippen LogP contribution >= 0.6 is 22.9 Å². The summed E-state index contributed by atoms with van der Waals surface area (Å²) in [4.78, 5) is 16.2. The number of aromatic nitrogens is 1. The number of hydrogen-bond donors (Lipinski definition) is 1.